The van der Waals surface area contributed by atoms with Crippen LogP contribution in [0.15, 0.2) is 0 Å². The Hall–Kier alpha value is 0.540. The van der Waals surface area contributed by atoms with Crippen molar-refractivity contribution < 1.29 is 19.0 Å². The van der Waals surface area contributed by atoms with Gasteiger partial charge in [0.1, 0.15) is 0 Å². The van der Waals surface area contributed by atoms with Gasteiger partial charge in [-0.2, -0.15) is 0 Å². The summed E-state index contributed by atoms with van der Waals surface area (Å²) in [6.45, 7) is 0. The van der Waals surface area contributed by atoms with Gasteiger partial charge in [-0.15, -0.1) is 0 Å². The van der Waals surface area contributed by atoms with E-state index in [1.54, 1.807) is 0 Å². The topological polar surface area (TPSA) is 17.1 Å². The van der Waals surface area contributed by atoms with Gasteiger partial charge in [-0.1, -0.05) is 0 Å². The van der Waals surface area contributed by atoms with Crippen LogP contribution >= 0.6 is 0 Å². The maximum atomic E-state index is 10.9. The molecule has 1 nitrogen and oxygen atoms in total. The van der Waals surface area contributed by atoms with Crippen LogP contribution in [0.25, 0.3) is 0 Å². The van der Waals surface area contributed by atoms with E-state index in [1.165, 1.54) is 0 Å². The quantitative estimate of drug-likeness (QED) is 0.618. The van der Waals surface area contributed by atoms with Gasteiger partial charge >= 0.3 is 39.6 Å². The zero-order valence-corrected chi connectivity index (χ0v) is 6.88. The Morgan fingerprint density at radius 2 is 1.00 bits per heavy atom. The third kappa shape index (κ3) is 195. The molecule has 0 heterocycles. The summed E-state index contributed by atoms with van der Waals surface area (Å²) in [7, 11) is 0. The number of rotatable bonds is 0. The van der Waals surface area contributed by atoms with Crippen molar-refractivity contribution in [2.45, 2.75) is 20.6 Å². The standard InChI is InChI=1S/4CH3.Au.O/h4*1H3;;. The van der Waals surface area contributed by atoms with Crippen molar-refractivity contribution in [3.63, 3.8) is 0 Å². The first-order chi connectivity index (χ1) is 2.24. The van der Waals surface area contributed by atoms with E-state index in [0.717, 1.165) is 0 Å². The third-order valence-electron chi connectivity index (χ3n) is 0. The normalized spacial score (nSPS) is 19.0. The van der Waals surface area contributed by atoms with Crippen molar-refractivity contribution in [3.05, 3.63) is 0 Å². The molecule has 0 atom stereocenters. The van der Waals surface area contributed by atoms with Gasteiger partial charge in [-0.3, -0.25) is 0 Å². The number of hydrogen-bond donors (Lipinski definition) is 0. The molecule has 0 aromatic carbocycles. The molecule has 0 aromatic heterocycles. The molecule has 0 spiro atoms. The van der Waals surface area contributed by atoms with Crippen LogP contribution in [0.4, 0.5) is 0 Å². The molecule has 6 heavy (non-hydrogen) atoms. The molecular formula is C4H12AuO. The van der Waals surface area contributed by atoms with Crippen molar-refractivity contribution in [1.82, 2.24) is 0 Å². The molecule has 0 unspecified atom stereocenters. The summed E-state index contributed by atoms with van der Waals surface area (Å²) in [6.07, 6.45) is 0. The van der Waals surface area contributed by atoms with Gasteiger partial charge in [-0.25, -0.2) is 0 Å². The zero-order valence-electron chi connectivity index (χ0n) is 4.71. The van der Waals surface area contributed by atoms with E-state index in [1.807, 2.05) is 20.6 Å². The van der Waals surface area contributed by atoms with E-state index < -0.39 is 15.8 Å². The second kappa shape index (κ2) is 1.03. The SMILES string of the molecule is [CH3][Au]([CH3])([CH3])([CH3])=[O]. The molecule has 0 bridgehead atoms. The molecule has 45 valence electrons. The van der Waals surface area contributed by atoms with Gasteiger partial charge in [0.25, 0.3) is 0 Å². The zero-order chi connectivity index (χ0) is 5.45. The molecule has 0 saturated carbocycles. The van der Waals surface area contributed by atoms with Gasteiger partial charge in [0.15, 0.2) is 0 Å². The van der Waals surface area contributed by atoms with Crippen LogP contribution in [0.5, 0.6) is 0 Å². The first-order valence-electron chi connectivity index (χ1n) is 1.33. The Balaban J connectivity index is 4.16. The monoisotopic (exact) mass is 273 g/mol. The summed E-state index contributed by atoms with van der Waals surface area (Å²) in [5.74, 6) is 0. The Kier molecular flexibility index (Phi) is 1.12. The van der Waals surface area contributed by atoms with Crippen LogP contribution < -0.4 is 0 Å². The Morgan fingerprint density at radius 1 is 1.00 bits per heavy atom. The van der Waals surface area contributed by atoms with Gasteiger partial charge < -0.3 is 0 Å². The van der Waals surface area contributed by atoms with Gasteiger partial charge in [0, 0.05) is 0 Å². The van der Waals surface area contributed by atoms with Gasteiger partial charge in [0.05, 0.1) is 0 Å². The van der Waals surface area contributed by atoms with Crippen molar-refractivity contribution in [3.8, 4) is 0 Å². The molecule has 0 radical (unpaired) electrons. The second-order valence-corrected chi connectivity index (χ2v) is 18.8. The van der Waals surface area contributed by atoms with Crippen LogP contribution in [-0.2, 0) is 19.0 Å². The number of hydrogen-bond acceptors (Lipinski definition) is 1. The molecule has 0 N–H and O–H groups in total. The maximum absolute atomic E-state index is 10.9. The summed E-state index contributed by atoms with van der Waals surface area (Å²) < 4.78 is 10.9. The summed E-state index contributed by atoms with van der Waals surface area (Å²) in [5.41, 5.74) is 0. The first kappa shape index (κ1) is 6.54. The minimum absolute atomic E-state index is 1.83. The summed E-state index contributed by atoms with van der Waals surface area (Å²) in [5, 5.41) is 7.33. The van der Waals surface area contributed by atoms with Gasteiger partial charge in [0.2, 0.25) is 0 Å². The predicted octanol–water partition coefficient (Wildman–Crippen LogP) is 2.21. The summed E-state index contributed by atoms with van der Waals surface area (Å²) in [6, 6.07) is 0. The van der Waals surface area contributed by atoms with Crippen LogP contribution in [-0.4, -0.2) is 0 Å². The molecule has 0 aliphatic rings. The van der Waals surface area contributed by atoms with E-state index >= 15 is 0 Å². The van der Waals surface area contributed by atoms with Crippen molar-refractivity contribution in [1.29, 1.82) is 0 Å². The van der Waals surface area contributed by atoms with Crippen LogP contribution in [0, 0.1) is 0 Å². The average molecular weight is 273 g/mol. The van der Waals surface area contributed by atoms with Gasteiger partial charge in [-0.05, 0) is 0 Å². The first-order valence-corrected chi connectivity index (χ1v) is 10.9. The molecular weight excluding hydrogens is 261 g/mol. The Labute approximate surface area is 40.0 Å². The average Bonchev–Trinajstić information content (AvgIpc) is 0.650. The minimum atomic E-state index is -2.75. The molecule has 0 aliphatic heterocycles. The Bertz CT molecular complexity index is 85.2. The summed E-state index contributed by atoms with van der Waals surface area (Å²) in [4.78, 5) is 0. The fraction of sp³-hybridized carbons (Fsp3) is 1.00. The summed E-state index contributed by atoms with van der Waals surface area (Å²) >= 11 is -2.75. The molecule has 0 fully saturated rings. The second-order valence-electron chi connectivity index (χ2n) is 2.30. The molecule has 0 aliphatic carbocycles. The van der Waals surface area contributed by atoms with E-state index in [0.29, 0.717) is 0 Å². The van der Waals surface area contributed by atoms with Crippen LogP contribution in [0.3, 0.4) is 0 Å². The van der Waals surface area contributed by atoms with E-state index in [4.69, 9.17) is 0 Å². The molecule has 0 rings (SSSR count). The molecule has 2 heteroatoms. The van der Waals surface area contributed by atoms with Crippen LogP contribution in [0.2, 0.25) is 20.6 Å². The molecule has 0 saturated heterocycles. The third-order valence-corrected chi connectivity index (χ3v) is 0. The van der Waals surface area contributed by atoms with E-state index in [9.17, 15) is 3.25 Å². The predicted molar refractivity (Wildman–Crippen MR) is 24.1 cm³/mol. The van der Waals surface area contributed by atoms with Crippen molar-refractivity contribution >= 4 is 0 Å². The Morgan fingerprint density at radius 3 is 1.00 bits per heavy atom. The van der Waals surface area contributed by atoms with E-state index in [2.05, 4.69) is 0 Å². The fourth-order valence-electron chi connectivity index (χ4n) is 0. The van der Waals surface area contributed by atoms with Crippen molar-refractivity contribution in [2.24, 2.45) is 0 Å². The van der Waals surface area contributed by atoms with E-state index in [-0.39, 0.29) is 0 Å². The van der Waals surface area contributed by atoms with Crippen LogP contribution in [0.1, 0.15) is 0 Å². The molecule has 0 amide bonds. The van der Waals surface area contributed by atoms with Crippen molar-refractivity contribution in [2.75, 3.05) is 0 Å². The fourth-order valence-corrected chi connectivity index (χ4v) is 0. The molecule has 0 aromatic rings.